The zero-order chi connectivity index (χ0) is 68.4. The van der Waals surface area contributed by atoms with Crippen LogP contribution in [0.5, 0.6) is 0 Å². The molecule has 0 spiro atoms. The summed E-state index contributed by atoms with van der Waals surface area (Å²) in [5, 5.41) is 2.49. The highest BCUT2D eigenvalue weighted by Gasteiger charge is 2.18. The average Bonchev–Trinajstić information content (AvgIpc) is 1.61. The Hall–Kier alpha value is -13.7. The monoisotopic (exact) mass is 1310 g/mol. The summed E-state index contributed by atoms with van der Waals surface area (Å²) in [6, 6.07) is 144. The van der Waals surface area contributed by atoms with Gasteiger partial charge in [0.2, 0.25) is 0 Å². The van der Waals surface area contributed by atoms with Gasteiger partial charge >= 0.3 is 0 Å². The van der Waals surface area contributed by atoms with Gasteiger partial charge in [-0.25, -0.2) is 15.0 Å². The first-order chi connectivity index (χ1) is 51.0. The molecule has 18 aromatic rings. The van der Waals surface area contributed by atoms with Crippen LogP contribution in [-0.2, 0) is 0 Å². The highest BCUT2D eigenvalue weighted by molar-refractivity contribution is 6.09. The molecule has 4 heteroatoms. The molecule has 0 bridgehead atoms. The van der Waals surface area contributed by atoms with Crippen LogP contribution in [0, 0.1) is 0 Å². The molecule has 0 aliphatic rings. The third-order valence-electron chi connectivity index (χ3n) is 19.8. The molecule has 0 unspecified atom stereocenters. The minimum Gasteiger partial charge on any atom is -0.309 e. The fourth-order valence-corrected chi connectivity index (χ4v) is 14.5. The fraction of sp³-hybridized carbons (Fsp3) is 0. The number of benzene rings is 16. The maximum absolute atomic E-state index is 5.37. The lowest BCUT2D eigenvalue weighted by Gasteiger charge is -2.13. The van der Waals surface area contributed by atoms with Gasteiger partial charge in [0.1, 0.15) is 0 Å². The Morgan fingerprint density at radius 3 is 0.641 bits per heavy atom. The number of rotatable bonds is 15. The third kappa shape index (κ3) is 12.6. The van der Waals surface area contributed by atoms with Gasteiger partial charge in [0.25, 0.3) is 0 Å². The molecule has 2 aromatic heterocycles. The molecule has 0 fully saturated rings. The molecular weight excluding hydrogens is 1250 g/mol. The minimum absolute atomic E-state index is 0.587. The Kier molecular flexibility index (Phi) is 16.3. The number of hydrogen-bond acceptors (Lipinski definition) is 3. The summed E-state index contributed by atoms with van der Waals surface area (Å²) < 4.78 is 2.38. The van der Waals surface area contributed by atoms with E-state index in [0.717, 1.165) is 89.1 Å². The van der Waals surface area contributed by atoms with Gasteiger partial charge in [-0.1, -0.05) is 322 Å². The predicted molar refractivity (Wildman–Crippen MR) is 430 cm³/mol. The number of fused-ring (bicyclic) bond motifs is 3. The highest BCUT2D eigenvalue weighted by Crippen LogP contribution is 2.39. The normalized spacial score (nSPS) is 11.3. The molecule has 0 aliphatic carbocycles. The molecule has 0 atom stereocenters. The molecule has 482 valence electrons. The molecule has 0 saturated carbocycles. The van der Waals surface area contributed by atoms with Crippen molar-refractivity contribution in [1.29, 1.82) is 0 Å². The summed E-state index contributed by atoms with van der Waals surface area (Å²) in [6.07, 6.45) is 0. The molecule has 0 aliphatic heterocycles. The first-order valence-corrected chi connectivity index (χ1v) is 35.1. The van der Waals surface area contributed by atoms with Crippen LogP contribution < -0.4 is 0 Å². The Bertz CT molecular complexity index is 6110. The highest BCUT2D eigenvalue weighted by atomic mass is 15.0. The van der Waals surface area contributed by atoms with Crippen LogP contribution in [0.4, 0.5) is 0 Å². The van der Waals surface area contributed by atoms with Crippen LogP contribution >= 0.6 is 0 Å². The first-order valence-electron chi connectivity index (χ1n) is 35.1. The van der Waals surface area contributed by atoms with E-state index in [1.165, 1.54) is 77.4 Å². The number of para-hydroxylation sites is 2. The van der Waals surface area contributed by atoms with E-state index in [1.807, 2.05) is 0 Å². The molecule has 0 amide bonds. The summed E-state index contributed by atoms with van der Waals surface area (Å²) in [6.45, 7) is 0. The molecular formula is C99H66N4. The minimum atomic E-state index is 0.587. The van der Waals surface area contributed by atoms with Crippen molar-refractivity contribution in [3.63, 3.8) is 0 Å². The van der Waals surface area contributed by atoms with Crippen LogP contribution in [0.15, 0.2) is 400 Å². The molecule has 18 rings (SSSR count). The van der Waals surface area contributed by atoms with E-state index in [4.69, 9.17) is 15.0 Å². The second kappa shape index (κ2) is 27.2. The van der Waals surface area contributed by atoms with Gasteiger partial charge in [-0.05, 0) is 201 Å². The summed E-state index contributed by atoms with van der Waals surface area (Å²) >= 11 is 0. The molecule has 2 heterocycles. The van der Waals surface area contributed by atoms with Crippen LogP contribution in [0.1, 0.15) is 0 Å². The smallest absolute Gasteiger partial charge is 0.164 e. The zero-order valence-electron chi connectivity index (χ0n) is 56.4. The van der Waals surface area contributed by atoms with E-state index < -0.39 is 0 Å². The van der Waals surface area contributed by atoms with Crippen molar-refractivity contribution in [2.75, 3.05) is 0 Å². The molecule has 0 N–H and O–H groups in total. The van der Waals surface area contributed by atoms with E-state index in [1.54, 1.807) is 0 Å². The first kappa shape index (κ1) is 61.6. The fourth-order valence-electron chi connectivity index (χ4n) is 14.5. The molecule has 16 aromatic carbocycles. The van der Waals surface area contributed by atoms with Gasteiger partial charge in [0, 0.05) is 33.2 Å². The zero-order valence-corrected chi connectivity index (χ0v) is 56.4. The number of hydrogen-bond donors (Lipinski definition) is 0. The van der Waals surface area contributed by atoms with Gasteiger partial charge in [0.15, 0.2) is 17.5 Å². The van der Waals surface area contributed by atoms with E-state index in [9.17, 15) is 0 Å². The van der Waals surface area contributed by atoms with Crippen molar-refractivity contribution in [2.45, 2.75) is 0 Å². The van der Waals surface area contributed by atoms with Crippen molar-refractivity contribution in [3.05, 3.63) is 400 Å². The number of aromatic nitrogens is 4. The largest absolute Gasteiger partial charge is 0.309 e. The average molecular weight is 1310 g/mol. The van der Waals surface area contributed by atoms with Crippen molar-refractivity contribution in [2.24, 2.45) is 0 Å². The Morgan fingerprint density at radius 1 is 0.136 bits per heavy atom. The summed E-state index contributed by atoms with van der Waals surface area (Å²) in [5.41, 5.74) is 31.5. The maximum atomic E-state index is 5.37. The van der Waals surface area contributed by atoms with Crippen LogP contribution in [0.25, 0.3) is 184 Å². The lowest BCUT2D eigenvalue weighted by Crippen LogP contribution is -2.00. The lowest BCUT2D eigenvalue weighted by molar-refractivity contribution is 1.07. The van der Waals surface area contributed by atoms with E-state index in [0.29, 0.717) is 17.5 Å². The Labute approximate surface area is 600 Å². The van der Waals surface area contributed by atoms with Crippen molar-refractivity contribution < 1.29 is 0 Å². The van der Waals surface area contributed by atoms with Gasteiger partial charge in [-0.3, -0.25) is 0 Å². The summed E-state index contributed by atoms with van der Waals surface area (Å²) in [4.78, 5) is 16.0. The predicted octanol–water partition coefficient (Wildman–Crippen LogP) is 26.3. The third-order valence-corrected chi connectivity index (χ3v) is 19.8. The molecule has 0 radical (unpaired) electrons. The van der Waals surface area contributed by atoms with E-state index >= 15 is 0 Å². The maximum Gasteiger partial charge on any atom is 0.164 e. The lowest BCUT2D eigenvalue weighted by atomic mass is 9.94. The van der Waals surface area contributed by atoms with Crippen molar-refractivity contribution in [3.8, 4) is 162 Å². The summed E-state index contributed by atoms with van der Waals surface area (Å²) in [7, 11) is 0. The van der Waals surface area contributed by atoms with Gasteiger partial charge < -0.3 is 4.57 Å². The standard InChI is InChI=1S/C99H66N4/c1-3-21-67(22-4-1)73-25-11-28-76(57-73)79-31-14-33-81(60-79)78-30-13-27-75(59-78)71-51-49-69(50-52-71)70-53-55-72(56-54-70)97-100-98(90-42-18-39-87(64-90)84-36-16-35-83(62-84)82-34-15-32-80(61-82)77-29-12-26-74(58-77)68-23-5-2-6-24-68)102-99(101-97)91-43-19-40-88(65-91)85-37-17-38-86(63-85)89-41-20-44-92(66-89)103-95-47-9-7-45-93(95)94-46-8-10-48-96(94)103/h1-66H. The Morgan fingerprint density at radius 2 is 0.330 bits per heavy atom. The Balaban J connectivity index is 0.659. The van der Waals surface area contributed by atoms with Crippen molar-refractivity contribution in [1.82, 2.24) is 19.5 Å². The van der Waals surface area contributed by atoms with Crippen LogP contribution in [0.3, 0.4) is 0 Å². The quantitative estimate of drug-likeness (QED) is 0.103. The van der Waals surface area contributed by atoms with E-state index in [-0.39, 0.29) is 0 Å². The van der Waals surface area contributed by atoms with Gasteiger partial charge in [-0.15, -0.1) is 0 Å². The summed E-state index contributed by atoms with van der Waals surface area (Å²) in [5.74, 6) is 1.76. The van der Waals surface area contributed by atoms with Gasteiger partial charge in [0.05, 0.1) is 11.0 Å². The second-order valence-electron chi connectivity index (χ2n) is 26.3. The molecule has 4 nitrogen and oxygen atoms in total. The topological polar surface area (TPSA) is 43.6 Å². The van der Waals surface area contributed by atoms with Crippen molar-refractivity contribution >= 4 is 21.8 Å². The molecule has 0 saturated heterocycles. The molecule has 103 heavy (non-hydrogen) atoms. The number of nitrogens with zero attached hydrogens (tertiary/aromatic N) is 4. The van der Waals surface area contributed by atoms with Crippen LogP contribution in [-0.4, -0.2) is 19.5 Å². The van der Waals surface area contributed by atoms with E-state index in [2.05, 4.69) is 405 Å². The SMILES string of the molecule is c1ccc(-c2cccc(-c3cccc(-c4cccc(-c5ccc(-c6ccc(-c7nc(-c8cccc(-c9cccc(-c%10cccc(-c%11cccc(-c%12ccccc%12)c%11)c%10)c9)c8)nc(-c8cccc(-c9cccc(-c%10cccc(-n%11c%12ccccc%12c%12ccccc%12%11)c%10)c9)c8)n7)cc6)cc5)c4)c3)c2)cc1. The van der Waals surface area contributed by atoms with Gasteiger partial charge in [-0.2, -0.15) is 0 Å². The van der Waals surface area contributed by atoms with Crippen LogP contribution in [0.2, 0.25) is 0 Å². The second-order valence-corrected chi connectivity index (χ2v) is 26.3.